The summed E-state index contributed by atoms with van der Waals surface area (Å²) in [7, 11) is 1.58. The number of hydrogen-bond acceptors (Lipinski definition) is 4. The molecular formula is C18H17F2N3O3S. The van der Waals surface area contributed by atoms with Crippen LogP contribution in [0, 0.1) is 11.6 Å². The zero-order chi connectivity index (χ0) is 19.8. The summed E-state index contributed by atoms with van der Waals surface area (Å²) in [4.78, 5) is 39.6. The summed E-state index contributed by atoms with van der Waals surface area (Å²) in [6, 6.07) is 4.09. The molecule has 3 rings (SSSR count). The highest BCUT2D eigenvalue weighted by Gasteiger charge is 2.49. The smallest absolute Gasteiger partial charge is 0.325 e. The van der Waals surface area contributed by atoms with Crippen molar-refractivity contribution in [1.82, 2.24) is 15.1 Å². The molecule has 2 heterocycles. The number of carbonyl (C=O) groups is 3. The predicted molar refractivity (Wildman–Crippen MR) is 94.7 cm³/mol. The maximum absolute atomic E-state index is 13.5. The predicted octanol–water partition coefficient (Wildman–Crippen LogP) is 2.45. The van der Waals surface area contributed by atoms with E-state index in [1.165, 1.54) is 29.2 Å². The normalized spacial score (nSPS) is 19.3. The summed E-state index contributed by atoms with van der Waals surface area (Å²) in [6.45, 7) is 1.30. The van der Waals surface area contributed by atoms with Crippen molar-refractivity contribution >= 4 is 29.2 Å². The Morgan fingerprint density at radius 2 is 2.00 bits per heavy atom. The number of thiophene rings is 1. The number of imide groups is 1. The van der Waals surface area contributed by atoms with E-state index in [1.54, 1.807) is 7.05 Å². The number of carbonyl (C=O) groups excluding carboxylic acids is 3. The minimum Gasteiger partial charge on any atom is -0.340 e. The summed E-state index contributed by atoms with van der Waals surface area (Å²) in [6.07, 6.45) is 0. The molecule has 1 fully saturated rings. The second-order valence-corrected chi connectivity index (χ2v) is 7.24. The van der Waals surface area contributed by atoms with E-state index in [9.17, 15) is 23.2 Å². The summed E-state index contributed by atoms with van der Waals surface area (Å²) >= 11 is 1.50. The number of amides is 4. The fourth-order valence-electron chi connectivity index (χ4n) is 2.84. The molecule has 1 atom stereocenters. The van der Waals surface area contributed by atoms with Gasteiger partial charge in [-0.3, -0.25) is 14.5 Å². The number of likely N-dealkylation sites (N-methyl/N-ethyl adjacent to an activating group) is 1. The number of benzene rings is 1. The monoisotopic (exact) mass is 393 g/mol. The number of halogens is 2. The Morgan fingerprint density at radius 3 is 2.63 bits per heavy atom. The molecule has 0 radical (unpaired) electrons. The second-order valence-electron chi connectivity index (χ2n) is 6.46. The molecule has 1 aliphatic heterocycles. The number of nitrogens with one attached hydrogen (secondary N) is 1. The Balaban J connectivity index is 1.75. The Morgan fingerprint density at radius 1 is 1.26 bits per heavy atom. The fraction of sp³-hybridized carbons (Fsp3) is 0.278. The van der Waals surface area contributed by atoms with Crippen LogP contribution in [0.15, 0.2) is 35.0 Å². The molecule has 9 heteroatoms. The number of hydrogen-bond donors (Lipinski definition) is 1. The highest BCUT2D eigenvalue weighted by atomic mass is 32.1. The molecule has 27 heavy (non-hydrogen) atoms. The first-order valence-electron chi connectivity index (χ1n) is 8.07. The molecule has 142 valence electrons. The van der Waals surface area contributed by atoms with E-state index in [4.69, 9.17) is 0 Å². The number of urea groups is 1. The lowest BCUT2D eigenvalue weighted by Gasteiger charge is -2.23. The van der Waals surface area contributed by atoms with E-state index >= 15 is 0 Å². The lowest BCUT2D eigenvalue weighted by atomic mass is 9.92. The van der Waals surface area contributed by atoms with Gasteiger partial charge in [0.15, 0.2) is 11.6 Å². The van der Waals surface area contributed by atoms with Crippen molar-refractivity contribution in [2.75, 3.05) is 13.6 Å². The van der Waals surface area contributed by atoms with Gasteiger partial charge in [-0.2, -0.15) is 11.3 Å². The zero-order valence-corrected chi connectivity index (χ0v) is 15.5. The van der Waals surface area contributed by atoms with Gasteiger partial charge in [0.05, 0.1) is 0 Å². The molecule has 1 saturated heterocycles. The van der Waals surface area contributed by atoms with Gasteiger partial charge in [0.25, 0.3) is 5.91 Å². The molecule has 0 bridgehead atoms. The molecule has 1 aromatic heterocycles. The van der Waals surface area contributed by atoms with Gasteiger partial charge in [-0.1, -0.05) is 6.07 Å². The first-order valence-corrected chi connectivity index (χ1v) is 9.01. The average molecular weight is 393 g/mol. The van der Waals surface area contributed by atoms with Gasteiger partial charge < -0.3 is 10.2 Å². The third-order valence-electron chi connectivity index (χ3n) is 4.49. The molecule has 1 aliphatic rings. The maximum atomic E-state index is 13.5. The van der Waals surface area contributed by atoms with E-state index in [1.807, 2.05) is 16.8 Å². The van der Waals surface area contributed by atoms with Crippen LogP contribution in [-0.2, 0) is 21.7 Å². The Bertz CT molecular complexity index is 903. The summed E-state index contributed by atoms with van der Waals surface area (Å²) in [5, 5.41) is 6.25. The van der Waals surface area contributed by atoms with Crippen LogP contribution < -0.4 is 5.32 Å². The summed E-state index contributed by atoms with van der Waals surface area (Å²) in [5.41, 5.74) is -0.529. The van der Waals surface area contributed by atoms with Crippen LogP contribution in [0.5, 0.6) is 0 Å². The number of nitrogens with zero attached hydrogens (tertiary/aromatic N) is 2. The molecule has 1 N–H and O–H groups in total. The molecule has 0 saturated carbocycles. The largest absolute Gasteiger partial charge is 0.340 e. The van der Waals surface area contributed by atoms with Crippen molar-refractivity contribution in [2.24, 2.45) is 0 Å². The van der Waals surface area contributed by atoms with Gasteiger partial charge in [-0.15, -0.1) is 0 Å². The van der Waals surface area contributed by atoms with E-state index in [0.29, 0.717) is 6.54 Å². The van der Waals surface area contributed by atoms with Crippen molar-refractivity contribution in [1.29, 1.82) is 0 Å². The minimum absolute atomic E-state index is 0.0985. The van der Waals surface area contributed by atoms with Crippen LogP contribution in [0.2, 0.25) is 0 Å². The van der Waals surface area contributed by atoms with Crippen LogP contribution in [0.4, 0.5) is 13.6 Å². The molecule has 0 aliphatic carbocycles. The van der Waals surface area contributed by atoms with E-state index in [-0.39, 0.29) is 5.56 Å². The van der Waals surface area contributed by atoms with Crippen molar-refractivity contribution in [3.8, 4) is 0 Å². The van der Waals surface area contributed by atoms with E-state index in [2.05, 4.69) is 5.32 Å². The van der Waals surface area contributed by atoms with E-state index < -0.39 is 41.6 Å². The van der Waals surface area contributed by atoms with Crippen molar-refractivity contribution < 1.29 is 23.2 Å². The molecule has 6 nitrogen and oxygen atoms in total. The molecule has 4 amide bonds. The highest BCUT2D eigenvalue weighted by molar-refractivity contribution is 7.07. The molecule has 0 spiro atoms. The highest BCUT2D eigenvalue weighted by Crippen LogP contribution is 2.29. The van der Waals surface area contributed by atoms with Gasteiger partial charge in [-0.05, 0) is 47.0 Å². The van der Waals surface area contributed by atoms with E-state index in [0.717, 1.165) is 22.6 Å². The summed E-state index contributed by atoms with van der Waals surface area (Å²) in [5.74, 6) is -3.29. The lowest BCUT2D eigenvalue weighted by Crippen LogP contribution is -2.43. The van der Waals surface area contributed by atoms with Crippen molar-refractivity contribution in [2.45, 2.75) is 19.0 Å². The topological polar surface area (TPSA) is 69.7 Å². The van der Waals surface area contributed by atoms with Crippen molar-refractivity contribution in [3.05, 3.63) is 57.8 Å². The lowest BCUT2D eigenvalue weighted by molar-refractivity contribution is -0.138. The summed E-state index contributed by atoms with van der Waals surface area (Å²) < 4.78 is 26.7. The van der Waals surface area contributed by atoms with Gasteiger partial charge in [0, 0.05) is 13.6 Å². The molecular weight excluding hydrogens is 376 g/mol. The Hall–Kier alpha value is -2.81. The van der Waals surface area contributed by atoms with Crippen LogP contribution in [-0.4, -0.2) is 41.2 Å². The number of rotatable bonds is 5. The standard InChI is InChI=1S/C18H17F2N3O3S/c1-18(12-3-4-13(19)14(20)7-12)16(25)23(17(26)21-18)9-15(24)22(2)8-11-5-6-27-10-11/h3-7,10H,8-9H2,1-2H3,(H,21,26). The van der Waals surface area contributed by atoms with Crippen molar-refractivity contribution in [3.63, 3.8) is 0 Å². The third kappa shape index (κ3) is 3.55. The Labute approximate surface area is 158 Å². The van der Waals surface area contributed by atoms with Gasteiger partial charge in [-0.25, -0.2) is 13.6 Å². The van der Waals surface area contributed by atoms with Crippen LogP contribution >= 0.6 is 11.3 Å². The van der Waals surface area contributed by atoms with Gasteiger partial charge >= 0.3 is 6.03 Å². The minimum atomic E-state index is -1.57. The van der Waals surface area contributed by atoms with Crippen LogP contribution in [0.3, 0.4) is 0 Å². The Kier molecular flexibility index (Phi) is 4.97. The maximum Gasteiger partial charge on any atom is 0.325 e. The molecule has 2 aromatic rings. The quantitative estimate of drug-likeness (QED) is 0.794. The second kappa shape index (κ2) is 7.07. The zero-order valence-electron chi connectivity index (χ0n) is 14.7. The molecule has 1 aromatic carbocycles. The SMILES string of the molecule is CN(Cc1ccsc1)C(=O)CN1C(=O)NC(C)(c2ccc(F)c(F)c2)C1=O. The first kappa shape index (κ1) is 19.0. The molecule has 1 unspecified atom stereocenters. The third-order valence-corrected chi connectivity index (χ3v) is 5.22. The first-order chi connectivity index (χ1) is 12.7. The van der Waals surface area contributed by atoms with Crippen LogP contribution in [0.25, 0.3) is 0 Å². The van der Waals surface area contributed by atoms with Gasteiger partial charge in [0.2, 0.25) is 5.91 Å². The fourth-order valence-corrected chi connectivity index (χ4v) is 3.50. The van der Waals surface area contributed by atoms with Gasteiger partial charge in [0.1, 0.15) is 12.1 Å². The average Bonchev–Trinajstić information content (AvgIpc) is 3.20. The van der Waals surface area contributed by atoms with Crippen LogP contribution in [0.1, 0.15) is 18.1 Å².